The molecule has 12 heteroatoms. The molecule has 0 saturated heterocycles. The van der Waals surface area contributed by atoms with Crippen LogP contribution in [0.5, 0.6) is 0 Å². The minimum absolute atomic E-state index is 0.0347. The normalized spacial score (nSPS) is 14.7. The lowest BCUT2D eigenvalue weighted by molar-refractivity contribution is -0.142. The van der Waals surface area contributed by atoms with E-state index in [1.54, 1.807) is 0 Å². The number of carbonyl (C=O) groups is 4. The van der Waals surface area contributed by atoms with Crippen LogP contribution in [-0.4, -0.2) is 69.5 Å². The minimum Gasteiger partial charge on any atom is -0.480 e. The Hall–Kier alpha value is -2.99. The maximum atomic E-state index is 13.0. The Morgan fingerprint density at radius 1 is 1.00 bits per heavy atom. The molecule has 1 rings (SSSR count). The Kier molecular flexibility index (Phi) is 12.1. The maximum Gasteiger partial charge on any atom is 0.326 e. The fourth-order valence-corrected chi connectivity index (χ4v) is 3.13. The number of nitrogens with two attached hydrogens (primary N) is 2. The third-order valence-electron chi connectivity index (χ3n) is 4.93. The van der Waals surface area contributed by atoms with Crippen LogP contribution in [0.2, 0.25) is 0 Å². The first-order valence-electron chi connectivity index (χ1n) is 11.1. The van der Waals surface area contributed by atoms with E-state index in [9.17, 15) is 24.3 Å². The molecule has 33 heavy (non-hydrogen) atoms. The van der Waals surface area contributed by atoms with Crippen molar-refractivity contribution >= 4 is 23.7 Å². The number of carbonyl (C=O) groups excluding carboxylic acids is 3. The van der Waals surface area contributed by atoms with E-state index in [4.69, 9.17) is 11.5 Å². The number of hydrogen-bond donors (Lipinski definition) is 7. The summed E-state index contributed by atoms with van der Waals surface area (Å²) in [5.74, 6) is -2.85. The van der Waals surface area contributed by atoms with Crippen LogP contribution in [0.4, 0.5) is 0 Å². The molecule has 0 aliphatic heterocycles. The number of aliphatic carboxylic acids is 1. The quantitative estimate of drug-likeness (QED) is 0.159. The van der Waals surface area contributed by atoms with Gasteiger partial charge in [0.05, 0.1) is 12.4 Å². The highest BCUT2D eigenvalue weighted by molar-refractivity contribution is 5.94. The molecular formula is C21H37N7O5. The average molecular weight is 468 g/mol. The van der Waals surface area contributed by atoms with Crippen LogP contribution in [0.1, 0.15) is 52.1 Å². The van der Waals surface area contributed by atoms with Crippen LogP contribution in [0, 0.1) is 5.92 Å². The lowest BCUT2D eigenvalue weighted by atomic mass is 10.0. The second-order valence-corrected chi connectivity index (χ2v) is 8.51. The molecular weight excluding hydrogens is 430 g/mol. The van der Waals surface area contributed by atoms with Crippen LogP contribution in [0.3, 0.4) is 0 Å². The summed E-state index contributed by atoms with van der Waals surface area (Å²) in [7, 11) is 0. The maximum absolute atomic E-state index is 13.0. The van der Waals surface area contributed by atoms with Gasteiger partial charge in [0.25, 0.3) is 0 Å². The molecule has 0 radical (unpaired) electrons. The number of aromatic amines is 1. The molecule has 12 nitrogen and oxygen atoms in total. The van der Waals surface area contributed by atoms with Crippen LogP contribution < -0.4 is 27.4 Å². The number of imidazole rings is 1. The van der Waals surface area contributed by atoms with Crippen molar-refractivity contribution in [1.82, 2.24) is 25.9 Å². The molecule has 0 aliphatic carbocycles. The van der Waals surface area contributed by atoms with Crippen molar-refractivity contribution in [2.45, 2.75) is 77.0 Å². The summed E-state index contributed by atoms with van der Waals surface area (Å²) in [5.41, 5.74) is 11.7. The number of amides is 3. The Bertz CT molecular complexity index is 767. The number of nitrogens with zero attached hydrogens (tertiary/aromatic N) is 1. The Morgan fingerprint density at radius 2 is 1.61 bits per heavy atom. The fraction of sp³-hybridized carbons (Fsp3) is 0.667. The third-order valence-corrected chi connectivity index (χ3v) is 4.93. The summed E-state index contributed by atoms with van der Waals surface area (Å²) in [6.07, 6.45) is 4.78. The van der Waals surface area contributed by atoms with E-state index in [2.05, 4.69) is 25.9 Å². The molecule has 1 aromatic heterocycles. The van der Waals surface area contributed by atoms with Gasteiger partial charge >= 0.3 is 5.97 Å². The topological polar surface area (TPSA) is 205 Å². The number of H-pyrrole nitrogens is 1. The second-order valence-electron chi connectivity index (χ2n) is 8.51. The molecule has 1 heterocycles. The molecule has 9 N–H and O–H groups in total. The molecule has 0 fully saturated rings. The number of carboxylic acid groups (broad SMARTS) is 1. The molecule has 0 saturated carbocycles. The average Bonchev–Trinajstić information content (AvgIpc) is 3.24. The smallest absolute Gasteiger partial charge is 0.326 e. The van der Waals surface area contributed by atoms with E-state index in [0.29, 0.717) is 31.5 Å². The van der Waals surface area contributed by atoms with Gasteiger partial charge in [-0.2, -0.15) is 0 Å². The van der Waals surface area contributed by atoms with Crippen LogP contribution in [0.15, 0.2) is 12.5 Å². The SMILES string of the molecule is CC(C)CC(NC(=O)C(Cc1cnc[nH]1)NC(=O)C(CCCCN)NC(=O)C(C)N)C(=O)O. The molecule has 4 unspecified atom stereocenters. The second kappa shape index (κ2) is 14.2. The Balaban J connectivity index is 3.02. The predicted octanol–water partition coefficient (Wildman–Crippen LogP) is -0.986. The van der Waals surface area contributed by atoms with E-state index in [1.165, 1.54) is 19.4 Å². The van der Waals surface area contributed by atoms with Gasteiger partial charge in [-0.15, -0.1) is 0 Å². The van der Waals surface area contributed by atoms with Crippen molar-refractivity contribution in [3.63, 3.8) is 0 Å². The molecule has 4 atom stereocenters. The first-order chi connectivity index (χ1) is 15.5. The van der Waals surface area contributed by atoms with Crippen molar-refractivity contribution in [2.75, 3.05) is 6.54 Å². The van der Waals surface area contributed by atoms with E-state index in [0.717, 1.165) is 0 Å². The molecule has 0 aromatic carbocycles. The molecule has 0 aliphatic rings. The van der Waals surface area contributed by atoms with Crippen LogP contribution >= 0.6 is 0 Å². The van der Waals surface area contributed by atoms with Gasteiger partial charge in [-0.1, -0.05) is 13.8 Å². The molecule has 3 amide bonds. The summed E-state index contributed by atoms with van der Waals surface area (Å²) in [5, 5.41) is 17.2. The summed E-state index contributed by atoms with van der Waals surface area (Å²) < 4.78 is 0. The lowest BCUT2D eigenvalue weighted by Gasteiger charge is -2.25. The first kappa shape index (κ1) is 28.0. The Labute approximate surface area is 193 Å². The van der Waals surface area contributed by atoms with Gasteiger partial charge in [0, 0.05) is 18.3 Å². The van der Waals surface area contributed by atoms with Gasteiger partial charge in [-0.25, -0.2) is 9.78 Å². The largest absolute Gasteiger partial charge is 0.480 e. The summed E-state index contributed by atoms with van der Waals surface area (Å²) in [4.78, 5) is 56.4. The van der Waals surface area contributed by atoms with E-state index in [1.807, 2.05) is 13.8 Å². The number of hydrogen-bond acceptors (Lipinski definition) is 7. The van der Waals surface area contributed by atoms with Gasteiger partial charge in [0.15, 0.2) is 0 Å². The zero-order valence-corrected chi connectivity index (χ0v) is 19.5. The van der Waals surface area contributed by atoms with Crippen molar-refractivity contribution in [2.24, 2.45) is 17.4 Å². The minimum atomic E-state index is -1.16. The molecule has 0 bridgehead atoms. The van der Waals surface area contributed by atoms with E-state index >= 15 is 0 Å². The van der Waals surface area contributed by atoms with Crippen molar-refractivity contribution in [3.05, 3.63) is 18.2 Å². The van der Waals surface area contributed by atoms with Crippen molar-refractivity contribution in [1.29, 1.82) is 0 Å². The molecule has 1 aromatic rings. The van der Waals surface area contributed by atoms with Gasteiger partial charge in [0.2, 0.25) is 17.7 Å². The van der Waals surface area contributed by atoms with Crippen LogP contribution in [-0.2, 0) is 25.6 Å². The van der Waals surface area contributed by atoms with Gasteiger partial charge < -0.3 is 37.5 Å². The highest BCUT2D eigenvalue weighted by Crippen LogP contribution is 2.08. The van der Waals surface area contributed by atoms with Crippen LogP contribution in [0.25, 0.3) is 0 Å². The summed E-state index contributed by atoms with van der Waals surface area (Å²) in [6, 6.07) is -3.92. The van der Waals surface area contributed by atoms with Crippen molar-refractivity contribution < 1.29 is 24.3 Å². The highest BCUT2D eigenvalue weighted by atomic mass is 16.4. The van der Waals surface area contributed by atoms with E-state index < -0.39 is 47.9 Å². The highest BCUT2D eigenvalue weighted by Gasteiger charge is 2.30. The van der Waals surface area contributed by atoms with Crippen molar-refractivity contribution in [3.8, 4) is 0 Å². The number of rotatable bonds is 15. The number of carboxylic acids is 1. The number of nitrogens with one attached hydrogen (secondary N) is 4. The summed E-state index contributed by atoms with van der Waals surface area (Å²) >= 11 is 0. The van der Waals surface area contributed by atoms with Gasteiger partial charge in [-0.05, 0) is 45.1 Å². The van der Waals surface area contributed by atoms with Gasteiger partial charge in [-0.3, -0.25) is 14.4 Å². The number of unbranched alkanes of at least 4 members (excludes halogenated alkanes) is 1. The zero-order chi connectivity index (χ0) is 25.0. The molecule has 186 valence electrons. The van der Waals surface area contributed by atoms with E-state index in [-0.39, 0.29) is 18.8 Å². The Morgan fingerprint density at radius 3 is 2.12 bits per heavy atom. The fourth-order valence-electron chi connectivity index (χ4n) is 3.13. The molecule has 0 spiro atoms. The van der Waals surface area contributed by atoms with Gasteiger partial charge in [0.1, 0.15) is 18.1 Å². The first-order valence-corrected chi connectivity index (χ1v) is 11.1. The monoisotopic (exact) mass is 467 g/mol. The summed E-state index contributed by atoms with van der Waals surface area (Å²) in [6.45, 7) is 5.63. The standard InChI is InChI=1S/C21H37N7O5/c1-12(2)8-17(21(32)33)28-20(31)16(9-14-10-24-11-25-14)27-19(30)15(6-4-5-7-22)26-18(29)13(3)23/h10-13,15-17H,4-9,22-23H2,1-3H3,(H,24,25)(H,26,29)(H,27,30)(H,28,31)(H,32,33). The lowest BCUT2D eigenvalue weighted by Crippen LogP contribution is -2.57. The zero-order valence-electron chi connectivity index (χ0n) is 19.5. The third kappa shape index (κ3) is 10.4. The number of aromatic nitrogens is 2. The predicted molar refractivity (Wildman–Crippen MR) is 122 cm³/mol.